The van der Waals surface area contributed by atoms with Gasteiger partial charge in [0.1, 0.15) is 5.75 Å². The lowest BCUT2D eigenvalue weighted by Gasteiger charge is -2.29. The SMILES string of the molecule is Cc1ccc(CN2C(=O)C[S@@](=O)c3ccc(C(=O)NCc4ccccc4)cc32)cc1. The van der Waals surface area contributed by atoms with Crippen LogP contribution in [0.5, 0.6) is 0 Å². The Morgan fingerprint density at radius 2 is 1.73 bits per heavy atom. The quantitative estimate of drug-likeness (QED) is 0.689. The van der Waals surface area contributed by atoms with Crippen LogP contribution in [-0.2, 0) is 28.7 Å². The number of hydrogen-bond donors (Lipinski definition) is 1. The molecule has 1 aliphatic rings. The van der Waals surface area contributed by atoms with E-state index >= 15 is 0 Å². The number of carbonyl (C=O) groups is 2. The Hall–Kier alpha value is -3.25. The number of fused-ring (bicyclic) bond motifs is 1. The third-order valence-corrected chi connectivity index (χ3v) is 6.41. The first kappa shape index (κ1) is 20.0. The molecular weight excluding hydrogens is 396 g/mol. The average molecular weight is 419 g/mol. The monoisotopic (exact) mass is 418 g/mol. The van der Waals surface area contributed by atoms with Gasteiger partial charge in [-0.15, -0.1) is 0 Å². The fourth-order valence-corrected chi connectivity index (χ4v) is 4.55. The van der Waals surface area contributed by atoms with Crippen molar-refractivity contribution < 1.29 is 13.8 Å². The summed E-state index contributed by atoms with van der Waals surface area (Å²) in [6.07, 6.45) is 0. The third kappa shape index (κ3) is 4.33. The van der Waals surface area contributed by atoms with Crippen molar-refractivity contribution in [2.24, 2.45) is 0 Å². The first-order chi connectivity index (χ1) is 14.5. The van der Waals surface area contributed by atoms with Crippen LogP contribution in [0.4, 0.5) is 5.69 Å². The normalized spacial score (nSPS) is 15.6. The summed E-state index contributed by atoms with van der Waals surface area (Å²) in [5.41, 5.74) is 4.10. The number of nitrogens with one attached hydrogen (secondary N) is 1. The van der Waals surface area contributed by atoms with Gasteiger partial charge in [-0.2, -0.15) is 0 Å². The molecule has 2 amide bonds. The summed E-state index contributed by atoms with van der Waals surface area (Å²) in [5.74, 6) is -0.484. The molecular formula is C24H22N2O3S. The fraction of sp³-hybridized carbons (Fsp3) is 0.167. The van der Waals surface area contributed by atoms with Crippen LogP contribution in [0.1, 0.15) is 27.0 Å². The van der Waals surface area contributed by atoms with Gasteiger partial charge in [0.15, 0.2) is 0 Å². The molecule has 30 heavy (non-hydrogen) atoms. The van der Waals surface area contributed by atoms with Gasteiger partial charge in [-0.25, -0.2) is 0 Å². The Balaban J connectivity index is 1.59. The first-order valence-electron chi connectivity index (χ1n) is 9.72. The molecule has 0 saturated carbocycles. The standard InChI is InChI=1S/C24H22N2O3S/c1-17-7-9-19(10-8-17)15-26-21-13-20(11-12-22(21)30(29)16-23(26)27)24(28)25-14-18-5-3-2-4-6-18/h2-13H,14-16H2,1H3,(H,25,28)/t30-/m1/s1. The van der Waals surface area contributed by atoms with Crippen LogP contribution >= 0.6 is 0 Å². The molecule has 6 heteroatoms. The minimum atomic E-state index is -1.41. The van der Waals surface area contributed by atoms with E-state index in [0.717, 1.165) is 16.7 Å². The molecule has 0 unspecified atom stereocenters. The van der Waals surface area contributed by atoms with Crippen molar-refractivity contribution in [2.75, 3.05) is 10.7 Å². The van der Waals surface area contributed by atoms with Gasteiger partial charge < -0.3 is 10.2 Å². The van der Waals surface area contributed by atoms with E-state index in [-0.39, 0.29) is 17.6 Å². The average Bonchev–Trinajstić information content (AvgIpc) is 2.76. The lowest BCUT2D eigenvalue weighted by Crippen LogP contribution is -2.38. The van der Waals surface area contributed by atoms with Gasteiger partial charge in [-0.3, -0.25) is 13.8 Å². The molecule has 0 saturated heterocycles. The molecule has 0 bridgehead atoms. The lowest BCUT2D eigenvalue weighted by molar-refractivity contribution is -0.116. The highest BCUT2D eigenvalue weighted by atomic mass is 32.2. The fourth-order valence-electron chi connectivity index (χ4n) is 3.39. The number of rotatable bonds is 5. The van der Waals surface area contributed by atoms with Crippen molar-refractivity contribution >= 4 is 28.3 Å². The van der Waals surface area contributed by atoms with Gasteiger partial charge in [0.25, 0.3) is 5.91 Å². The van der Waals surface area contributed by atoms with E-state index in [1.165, 1.54) is 0 Å². The van der Waals surface area contributed by atoms with E-state index in [9.17, 15) is 13.8 Å². The Morgan fingerprint density at radius 1 is 1.00 bits per heavy atom. The molecule has 1 N–H and O–H groups in total. The second-order valence-corrected chi connectivity index (χ2v) is 8.73. The molecule has 3 aromatic carbocycles. The topological polar surface area (TPSA) is 66.5 Å². The zero-order chi connectivity index (χ0) is 21.1. The molecule has 0 spiro atoms. The summed E-state index contributed by atoms with van der Waals surface area (Å²) in [7, 11) is -1.41. The molecule has 0 radical (unpaired) electrons. The number of carbonyl (C=O) groups excluding carboxylic acids is 2. The van der Waals surface area contributed by atoms with Crippen LogP contribution < -0.4 is 10.2 Å². The van der Waals surface area contributed by atoms with E-state index < -0.39 is 10.8 Å². The molecule has 1 atom stereocenters. The zero-order valence-electron chi connectivity index (χ0n) is 16.6. The molecule has 1 heterocycles. The highest BCUT2D eigenvalue weighted by Crippen LogP contribution is 2.31. The predicted octanol–water partition coefficient (Wildman–Crippen LogP) is 3.58. The summed E-state index contributed by atoms with van der Waals surface area (Å²) >= 11 is 0. The lowest BCUT2D eigenvalue weighted by atomic mass is 10.1. The van der Waals surface area contributed by atoms with Crippen LogP contribution in [0.2, 0.25) is 0 Å². The molecule has 0 aromatic heterocycles. The summed E-state index contributed by atoms with van der Waals surface area (Å²) in [4.78, 5) is 27.5. The summed E-state index contributed by atoms with van der Waals surface area (Å²) in [6, 6.07) is 22.6. The minimum absolute atomic E-state index is 0.0432. The van der Waals surface area contributed by atoms with Crippen molar-refractivity contribution in [2.45, 2.75) is 24.9 Å². The third-order valence-electron chi connectivity index (χ3n) is 5.07. The number of aryl methyl sites for hydroxylation is 1. The Kier molecular flexibility index (Phi) is 5.77. The van der Waals surface area contributed by atoms with Crippen molar-refractivity contribution in [1.29, 1.82) is 0 Å². The Labute approximate surface area is 178 Å². The van der Waals surface area contributed by atoms with Gasteiger partial charge in [-0.05, 0) is 36.2 Å². The maximum atomic E-state index is 12.7. The number of nitrogens with zero attached hydrogens (tertiary/aromatic N) is 1. The Morgan fingerprint density at radius 3 is 2.47 bits per heavy atom. The van der Waals surface area contributed by atoms with Gasteiger partial charge in [0, 0.05) is 12.1 Å². The van der Waals surface area contributed by atoms with Gasteiger partial charge in [-0.1, -0.05) is 60.2 Å². The molecule has 0 aliphatic carbocycles. The van der Waals surface area contributed by atoms with Crippen LogP contribution in [-0.4, -0.2) is 21.8 Å². The number of amides is 2. The van der Waals surface area contributed by atoms with E-state index in [1.807, 2.05) is 61.5 Å². The van der Waals surface area contributed by atoms with Crippen LogP contribution in [0.25, 0.3) is 0 Å². The molecule has 5 nitrogen and oxygen atoms in total. The maximum absolute atomic E-state index is 12.7. The molecule has 3 aromatic rings. The minimum Gasteiger partial charge on any atom is -0.348 e. The van der Waals surface area contributed by atoms with E-state index in [0.29, 0.717) is 29.2 Å². The number of anilines is 1. The highest BCUT2D eigenvalue weighted by molar-refractivity contribution is 7.86. The molecule has 1 aliphatic heterocycles. The Bertz CT molecular complexity index is 1110. The largest absolute Gasteiger partial charge is 0.348 e. The van der Waals surface area contributed by atoms with E-state index in [1.54, 1.807) is 23.1 Å². The second kappa shape index (κ2) is 8.63. The summed E-state index contributed by atoms with van der Waals surface area (Å²) < 4.78 is 12.5. The highest BCUT2D eigenvalue weighted by Gasteiger charge is 2.30. The molecule has 0 fully saturated rings. The molecule has 152 valence electrons. The number of hydrogen-bond acceptors (Lipinski definition) is 3. The van der Waals surface area contributed by atoms with Crippen LogP contribution in [0, 0.1) is 6.92 Å². The van der Waals surface area contributed by atoms with Gasteiger partial charge >= 0.3 is 0 Å². The molecule has 4 rings (SSSR count). The second-order valence-electron chi connectivity index (χ2n) is 7.31. The van der Waals surface area contributed by atoms with Crippen molar-refractivity contribution in [3.05, 3.63) is 95.1 Å². The van der Waals surface area contributed by atoms with Gasteiger partial charge in [0.05, 0.1) is 27.9 Å². The number of benzene rings is 3. The first-order valence-corrected chi connectivity index (χ1v) is 11.0. The summed E-state index contributed by atoms with van der Waals surface area (Å²) in [5, 5.41) is 2.90. The van der Waals surface area contributed by atoms with Gasteiger partial charge in [0.2, 0.25) is 5.91 Å². The van der Waals surface area contributed by atoms with Crippen LogP contribution in [0.3, 0.4) is 0 Å². The maximum Gasteiger partial charge on any atom is 0.251 e. The zero-order valence-corrected chi connectivity index (χ0v) is 17.4. The van der Waals surface area contributed by atoms with Crippen molar-refractivity contribution in [3.8, 4) is 0 Å². The predicted molar refractivity (Wildman–Crippen MR) is 118 cm³/mol. The van der Waals surface area contributed by atoms with E-state index in [2.05, 4.69) is 5.32 Å². The van der Waals surface area contributed by atoms with E-state index in [4.69, 9.17) is 0 Å². The smallest absolute Gasteiger partial charge is 0.251 e. The van der Waals surface area contributed by atoms with Crippen LogP contribution in [0.15, 0.2) is 77.7 Å². The summed E-state index contributed by atoms with van der Waals surface area (Å²) in [6.45, 7) is 2.79. The van der Waals surface area contributed by atoms with Crippen molar-refractivity contribution in [3.63, 3.8) is 0 Å². The van der Waals surface area contributed by atoms with Crippen molar-refractivity contribution in [1.82, 2.24) is 5.32 Å².